The third-order valence-electron chi connectivity index (χ3n) is 2.43. The Balaban J connectivity index is 2.55. The van der Waals surface area contributed by atoms with E-state index in [1.54, 1.807) is 0 Å². The van der Waals surface area contributed by atoms with Crippen molar-refractivity contribution in [1.82, 2.24) is 15.0 Å². The maximum absolute atomic E-state index is 6.04. The SMILES string of the molecule is CCc1c(Cl)ncnc1-c1ccc(C)nc1. The molecular weight excluding hydrogens is 222 g/mol. The van der Waals surface area contributed by atoms with Crippen molar-refractivity contribution in [2.75, 3.05) is 0 Å². The summed E-state index contributed by atoms with van der Waals surface area (Å²) in [7, 11) is 0. The first-order valence-corrected chi connectivity index (χ1v) is 5.52. The van der Waals surface area contributed by atoms with Gasteiger partial charge in [-0.05, 0) is 25.5 Å². The molecule has 0 amide bonds. The number of rotatable bonds is 2. The fraction of sp³-hybridized carbons (Fsp3) is 0.250. The summed E-state index contributed by atoms with van der Waals surface area (Å²) in [5.41, 5.74) is 3.80. The summed E-state index contributed by atoms with van der Waals surface area (Å²) >= 11 is 6.04. The van der Waals surface area contributed by atoms with Crippen LogP contribution in [0.5, 0.6) is 0 Å². The van der Waals surface area contributed by atoms with Crippen LogP contribution in [0.4, 0.5) is 0 Å². The maximum atomic E-state index is 6.04. The van der Waals surface area contributed by atoms with Gasteiger partial charge in [-0.2, -0.15) is 0 Å². The number of aryl methyl sites for hydroxylation is 1. The fourth-order valence-electron chi connectivity index (χ4n) is 1.56. The molecule has 0 unspecified atom stereocenters. The summed E-state index contributed by atoms with van der Waals surface area (Å²) in [5.74, 6) is 0. The molecule has 0 N–H and O–H groups in total. The average molecular weight is 234 g/mol. The molecule has 3 nitrogen and oxygen atoms in total. The highest BCUT2D eigenvalue weighted by Gasteiger charge is 2.09. The van der Waals surface area contributed by atoms with Gasteiger partial charge in [0.05, 0.1) is 5.69 Å². The third kappa shape index (κ3) is 2.04. The lowest BCUT2D eigenvalue weighted by atomic mass is 10.1. The van der Waals surface area contributed by atoms with Gasteiger partial charge in [-0.25, -0.2) is 9.97 Å². The van der Waals surface area contributed by atoms with Crippen molar-refractivity contribution in [2.24, 2.45) is 0 Å². The van der Waals surface area contributed by atoms with E-state index in [4.69, 9.17) is 11.6 Å². The summed E-state index contributed by atoms with van der Waals surface area (Å²) in [6.45, 7) is 3.99. The Morgan fingerprint density at radius 2 is 2.00 bits per heavy atom. The molecule has 0 saturated carbocycles. The minimum Gasteiger partial charge on any atom is -0.261 e. The van der Waals surface area contributed by atoms with Crippen LogP contribution in [0.3, 0.4) is 0 Å². The normalized spacial score (nSPS) is 10.4. The number of hydrogen-bond acceptors (Lipinski definition) is 3. The van der Waals surface area contributed by atoms with E-state index in [1.807, 2.05) is 32.2 Å². The number of halogens is 1. The molecule has 0 fully saturated rings. The van der Waals surface area contributed by atoms with Gasteiger partial charge in [0.15, 0.2) is 0 Å². The fourth-order valence-corrected chi connectivity index (χ4v) is 1.83. The van der Waals surface area contributed by atoms with Crippen LogP contribution >= 0.6 is 11.6 Å². The van der Waals surface area contributed by atoms with Gasteiger partial charge in [0, 0.05) is 23.0 Å². The first-order valence-electron chi connectivity index (χ1n) is 5.14. The molecule has 0 bridgehead atoms. The van der Waals surface area contributed by atoms with Crippen LogP contribution in [-0.4, -0.2) is 15.0 Å². The third-order valence-corrected chi connectivity index (χ3v) is 2.76. The van der Waals surface area contributed by atoms with Crippen molar-refractivity contribution in [2.45, 2.75) is 20.3 Å². The van der Waals surface area contributed by atoms with Gasteiger partial charge in [-0.3, -0.25) is 4.98 Å². The number of pyridine rings is 1. The first kappa shape index (κ1) is 11.0. The van der Waals surface area contributed by atoms with Gasteiger partial charge in [0.25, 0.3) is 0 Å². The molecule has 2 heterocycles. The van der Waals surface area contributed by atoms with Crippen molar-refractivity contribution < 1.29 is 0 Å². The molecule has 82 valence electrons. The lowest BCUT2D eigenvalue weighted by molar-refractivity contribution is 1.05. The second-order valence-corrected chi connectivity index (χ2v) is 3.89. The van der Waals surface area contributed by atoms with Crippen LogP contribution in [0.1, 0.15) is 18.2 Å². The molecule has 0 radical (unpaired) electrons. The predicted octanol–water partition coefficient (Wildman–Crippen LogP) is 3.06. The summed E-state index contributed by atoms with van der Waals surface area (Å²) in [4.78, 5) is 12.5. The molecular formula is C12H12ClN3. The molecule has 4 heteroatoms. The molecule has 0 aliphatic carbocycles. The molecule has 0 atom stereocenters. The lowest BCUT2D eigenvalue weighted by Crippen LogP contribution is -1.96. The van der Waals surface area contributed by atoms with Crippen LogP contribution in [0, 0.1) is 6.92 Å². The van der Waals surface area contributed by atoms with E-state index in [2.05, 4.69) is 15.0 Å². The van der Waals surface area contributed by atoms with Gasteiger partial charge in [0.1, 0.15) is 11.5 Å². The summed E-state index contributed by atoms with van der Waals surface area (Å²) in [5, 5.41) is 0.521. The minimum absolute atomic E-state index is 0.521. The van der Waals surface area contributed by atoms with Gasteiger partial charge >= 0.3 is 0 Å². The van der Waals surface area contributed by atoms with E-state index in [1.165, 1.54) is 6.33 Å². The molecule has 16 heavy (non-hydrogen) atoms. The standard InChI is InChI=1S/C12H12ClN3/c1-3-10-11(15-7-16-12(10)13)9-5-4-8(2)14-6-9/h4-7H,3H2,1-2H3. The van der Waals surface area contributed by atoms with Crippen LogP contribution in [0.2, 0.25) is 5.15 Å². The number of hydrogen-bond donors (Lipinski definition) is 0. The molecule has 0 saturated heterocycles. The van der Waals surface area contributed by atoms with E-state index in [9.17, 15) is 0 Å². The van der Waals surface area contributed by atoms with Gasteiger partial charge < -0.3 is 0 Å². The monoisotopic (exact) mass is 233 g/mol. The second-order valence-electron chi connectivity index (χ2n) is 3.53. The molecule has 0 aromatic carbocycles. The average Bonchev–Trinajstić information content (AvgIpc) is 2.30. The van der Waals surface area contributed by atoms with Crippen LogP contribution < -0.4 is 0 Å². The Kier molecular flexibility index (Phi) is 3.15. The van der Waals surface area contributed by atoms with Crippen LogP contribution in [0.15, 0.2) is 24.7 Å². The van der Waals surface area contributed by atoms with Gasteiger partial charge in [0.2, 0.25) is 0 Å². The molecule has 2 aromatic heterocycles. The van der Waals surface area contributed by atoms with Gasteiger partial charge in [-0.15, -0.1) is 0 Å². The quantitative estimate of drug-likeness (QED) is 0.749. The van der Waals surface area contributed by atoms with E-state index in [-0.39, 0.29) is 0 Å². The number of nitrogens with zero attached hydrogens (tertiary/aromatic N) is 3. The molecule has 0 aliphatic rings. The Labute approximate surface area is 99.5 Å². The van der Waals surface area contributed by atoms with Crippen molar-refractivity contribution >= 4 is 11.6 Å². The molecule has 0 aliphatic heterocycles. The van der Waals surface area contributed by atoms with Gasteiger partial charge in [-0.1, -0.05) is 18.5 Å². The lowest BCUT2D eigenvalue weighted by Gasteiger charge is -2.07. The highest BCUT2D eigenvalue weighted by Crippen LogP contribution is 2.25. The van der Waals surface area contributed by atoms with E-state index in [0.29, 0.717) is 5.15 Å². The summed E-state index contributed by atoms with van der Waals surface area (Å²) in [6, 6.07) is 3.96. The topological polar surface area (TPSA) is 38.7 Å². The van der Waals surface area contributed by atoms with Crippen LogP contribution in [-0.2, 0) is 6.42 Å². The van der Waals surface area contributed by atoms with Crippen molar-refractivity contribution in [3.8, 4) is 11.3 Å². The van der Waals surface area contributed by atoms with E-state index in [0.717, 1.165) is 28.9 Å². The van der Waals surface area contributed by atoms with Crippen LogP contribution in [0.25, 0.3) is 11.3 Å². The Morgan fingerprint density at radius 3 is 2.62 bits per heavy atom. The highest BCUT2D eigenvalue weighted by molar-refractivity contribution is 6.30. The highest BCUT2D eigenvalue weighted by atomic mass is 35.5. The van der Waals surface area contributed by atoms with Crippen molar-refractivity contribution in [3.63, 3.8) is 0 Å². The Bertz CT molecular complexity index is 494. The zero-order chi connectivity index (χ0) is 11.5. The van der Waals surface area contributed by atoms with Crippen molar-refractivity contribution in [1.29, 1.82) is 0 Å². The van der Waals surface area contributed by atoms with E-state index < -0.39 is 0 Å². The predicted molar refractivity (Wildman–Crippen MR) is 64.4 cm³/mol. The Hall–Kier alpha value is -1.48. The molecule has 2 aromatic rings. The Morgan fingerprint density at radius 1 is 1.19 bits per heavy atom. The van der Waals surface area contributed by atoms with Crippen molar-refractivity contribution in [3.05, 3.63) is 41.1 Å². The minimum atomic E-state index is 0.521. The molecule has 2 rings (SSSR count). The largest absolute Gasteiger partial charge is 0.261 e. The summed E-state index contributed by atoms with van der Waals surface area (Å²) in [6.07, 6.45) is 4.10. The first-order chi connectivity index (χ1) is 7.72. The second kappa shape index (κ2) is 4.58. The zero-order valence-corrected chi connectivity index (χ0v) is 9.99. The van der Waals surface area contributed by atoms with E-state index >= 15 is 0 Å². The smallest absolute Gasteiger partial charge is 0.136 e. The number of aromatic nitrogens is 3. The zero-order valence-electron chi connectivity index (χ0n) is 9.24. The summed E-state index contributed by atoms with van der Waals surface area (Å²) < 4.78 is 0. The maximum Gasteiger partial charge on any atom is 0.136 e. The molecule has 0 spiro atoms.